The zero-order chi connectivity index (χ0) is 13.2. The molecule has 1 amide bonds. The van der Waals surface area contributed by atoms with Crippen LogP contribution in [0, 0.1) is 0 Å². The van der Waals surface area contributed by atoms with Crippen molar-refractivity contribution in [3.05, 3.63) is 29.8 Å². The van der Waals surface area contributed by atoms with Crippen LogP contribution in [-0.2, 0) is 4.79 Å². The van der Waals surface area contributed by atoms with Gasteiger partial charge in [0.05, 0.1) is 7.11 Å². The van der Waals surface area contributed by atoms with Gasteiger partial charge in [0.25, 0.3) is 0 Å². The minimum absolute atomic E-state index is 0.179. The van der Waals surface area contributed by atoms with Crippen molar-refractivity contribution in [3.8, 4) is 11.8 Å². The third kappa shape index (κ3) is 2.10. The van der Waals surface area contributed by atoms with Crippen LogP contribution >= 0.6 is 0 Å². The SMILES string of the molecule is COc1n[nH]c(NC(=O)C2COc3ccccc32)n1. The fourth-order valence-electron chi connectivity index (χ4n) is 1.98. The third-order valence-electron chi connectivity index (χ3n) is 2.91. The number of methoxy groups -OCH3 is 1. The van der Waals surface area contributed by atoms with Crippen LogP contribution in [0.4, 0.5) is 5.95 Å². The molecule has 0 saturated carbocycles. The zero-order valence-electron chi connectivity index (χ0n) is 10.2. The number of aromatic nitrogens is 3. The van der Waals surface area contributed by atoms with Crippen molar-refractivity contribution in [1.29, 1.82) is 0 Å². The molecule has 2 heterocycles. The highest BCUT2D eigenvalue weighted by atomic mass is 16.5. The van der Waals surface area contributed by atoms with Gasteiger partial charge in [-0.1, -0.05) is 18.2 Å². The Morgan fingerprint density at radius 1 is 1.53 bits per heavy atom. The van der Waals surface area contributed by atoms with Crippen LogP contribution in [0.15, 0.2) is 24.3 Å². The average molecular weight is 260 g/mol. The molecule has 1 aromatic heterocycles. The van der Waals surface area contributed by atoms with E-state index in [0.717, 1.165) is 11.3 Å². The smallest absolute Gasteiger partial charge is 0.336 e. The molecule has 7 heteroatoms. The molecule has 1 aromatic carbocycles. The van der Waals surface area contributed by atoms with Gasteiger partial charge in [-0.05, 0) is 6.07 Å². The molecule has 2 aromatic rings. The second kappa shape index (κ2) is 4.60. The first-order chi connectivity index (χ1) is 9.28. The highest BCUT2D eigenvalue weighted by Gasteiger charge is 2.30. The lowest BCUT2D eigenvalue weighted by molar-refractivity contribution is -0.117. The Hall–Kier alpha value is -2.57. The molecule has 0 bridgehead atoms. The van der Waals surface area contributed by atoms with Gasteiger partial charge in [0.15, 0.2) is 0 Å². The van der Waals surface area contributed by atoms with Gasteiger partial charge in [-0.25, -0.2) is 5.10 Å². The number of ether oxygens (including phenoxy) is 2. The Labute approximate surface area is 108 Å². The number of amides is 1. The van der Waals surface area contributed by atoms with E-state index in [4.69, 9.17) is 9.47 Å². The van der Waals surface area contributed by atoms with Crippen molar-refractivity contribution >= 4 is 11.9 Å². The number of hydrogen-bond donors (Lipinski definition) is 2. The van der Waals surface area contributed by atoms with Crippen molar-refractivity contribution in [2.75, 3.05) is 19.0 Å². The highest BCUT2D eigenvalue weighted by Crippen LogP contribution is 2.33. The van der Waals surface area contributed by atoms with E-state index in [0.29, 0.717) is 6.61 Å². The largest absolute Gasteiger partial charge is 0.492 e. The van der Waals surface area contributed by atoms with E-state index in [1.54, 1.807) is 0 Å². The summed E-state index contributed by atoms with van der Waals surface area (Å²) in [6.45, 7) is 0.330. The third-order valence-corrected chi connectivity index (χ3v) is 2.91. The molecule has 7 nitrogen and oxygen atoms in total. The van der Waals surface area contributed by atoms with E-state index in [1.165, 1.54) is 7.11 Å². The predicted octanol–water partition coefficient (Wildman–Crippen LogP) is 0.928. The first kappa shape index (κ1) is 11.5. The molecule has 1 unspecified atom stereocenters. The van der Waals surface area contributed by atoms with Gasteiger partial charge in [-0.2, -0.15) is 4.98 Å². The summed E-state index contributed by atoms with van der Waals surface area (Å²) in [5.41, 5.74) is 0.881. The quantitative estimate of drug-likeness (QED) is 0.856. The van der Waals surface area contributed by atoms with Gasteiger partial charge < -0.3 is 9.47 Å². The lowest BCUT2D eigenvalue weighted by Crippen LogP contribution is -2.22. The molecule has 0 spiro atoms. The lowest BCUT2D eigenvalue weighted by Gasteiger charge is -2.07. The Bertz CT molecular complexity index is 611. The van der Waals surface area contributed by atoms with Crippen molar-refractivity contribution < 1.29 is 14.3 Å². The molecule has 3 rings (SSSR count). The van der Waals surface area contributed by atoms with Crippen molar-refractivity contribution in [2.45, 2.75) is 5.92 Å². The maximum atomic E-state index is 12.2. The van der Waals surface area contributed by atoms with Gasteiger partial charge in [0.2, 0.25) is 11.9 Å². The Morgan fingerprint density at radius 2 is 2.37 bits per heavy atom. The van der Waals surface area contributed by atoms with Crippen molar-refractivity contribution in [3.63, 3.8) is 0 Å². The first-order valence-electron chi connectivity index (χ1n) is 5.77. The van der Waals surface area contributed by atoms with Crippen LogP contribution in [0.5, 0.6) is 11.8 Å². The number of nitrogens with zero attached hydrogens (tertiary/aromatic N) is 2. The summed E-state index contributed by atoms with van der Waals surface area (Å²) >= 11 is 0. The number of carbonyl (C=O) groups excluding carboxylic acids is 1. The Kier molecular flexibility index (Phi) is 2.79. The molecule has 0 fully saturated rings. The minimum atomic E-state index is -0.340. The highest BCUT2D eigenvalue weighted by molar-refractivity contribution is 5.95. The Balaban J connectivity index is 1.75. The number of hydrogen-bond acceptors (Lipinski definition) is 5. The van der Waals surface area contributed by atoms with Gasteiger partial charge >= 0.3 is 6.01 Å². The number of H-pyrrole nitrogens is 1. The van der Waals surface area contributed by atoms with Gasteiger partial charge in [0.1, 0.15) is 18.3 Å². The molecular weight excluding hydrogens is 248 g/mol. The number of benzene rings is 1. The molecule has 1 aliphatic heterocycles. The monoisotopic (exact) mass is 260 g/mol. The number of nitrogens with one attached hydrogen (secondary N) is 2. The summed E-state index contributed by atoms with van der Waals surface area (Å²) in [6, 6.07) is 7.66. The molecule has 0 radical (unpaired) electrons. The molecule has 0 saturated heterocycles. The average Bonchev–Trinajstić information content (AvgIpc) is 3.04. The second-order valence-corrected chi connectivity index (χ2v) is 4.06. The van der Waals surface area contributed by atoms with E-state index in [2.05, 4.69) is 20.5 Å². The number of para-hydroxylation sites is 1. The summed E-state index contributed by atoms with van der Waals surface area (Å²) in [6.07, 6.45) is 0. The fourth-order valence-corrected chi connectivity index (χ4v) is 1.98. The van der Waals surface area contributed by atoms with Crippen LogP contribution in [-0.4, -0.2) is 34.8 Å². The Morgan fingerprint density at radius 3 is 3.16 bits per heavy atom. The molecule has 1 atom stereocenters. The lowest BCUT2D eigenvalue weighted by atomic mass is 10.0. The van der Waals surface area contributed by atoms with E-state index in [1.807, 2.05) is 24.3 Å². The molecule has 2 N–H and O–H groups in total. The number of aromatic amines is 1. The number of carbonyl (C=O) groups is 1. The van der Waals surface area contributed by atoms with Crippen LogP contribution < -0.4 is 14.8 Å². The number of anilines is 1. The topological polar surface area (TPSA) is 89.1 Å². The first-order valence-corrected chi connectivity index (χ1v) is 5.77. The van der Waals surface area contributed by atoms with Crippen LogP contribution in [0.25, 0.3) is 0 Å². The standard InChI is InChI=1S/C12H12N4O3/c1-18-12-14-11(15-16-12)13-10(17)8-6-19-9-5-3-2-4-7(8)9/h2-5,8H,6H2,1H3,(H2,13,14,15,16,17). The maximum absolute atomic E-state index is 12.2. The summed E-state index contributed by atoms with van der Waals surface area (Å²) < 4.78 is 10.3. The van der Waals surface area contributed by atoms with E-state index in [-0.39, 0.29) is 23.8 Å². The van der Waals surface area contributed by atoms with Gasteiger partial charge in [-0.15, -0.1) is 5.10 Å². The molecule has 98 valence electrons. The second-order valence-electron chi connectivity index (χ2n) is 4.06. The molecular formula is C12H12N4O3. The molecule has 19 heavy (non-hydrogen) atoms. The zero-order valence-corrected chi connectivity index (χ0v) is 10.2. The molecule has 1 aliphatic rings. The van der Waals surface area contributed by atoms with Crippen LogP contribution in [0.3, 0.4) is 0 Å². The number of rotatable bonds is 3. The normalized spacial score (nSPS) is 16.6. The summed E-state index contributed by atoms with van der Waals surface area (Å²) in [7, 11) is 1.45. The number of fused-ring (bicyclic) bond motifs is 1. The predicted molar refractivity (Wildman–Crippen MR) is 66.2 cm³/mol. The summed E-state index contributed by atoms with van der Waals surface area (Å²) in [5.74, 6) is 0.472. The van der Waals surface area contributed by atoms with E-state index >= 15 is 0 Å². The summed E-state index contributed by atoms with van der Waals surface area (Å²) in [4.78, 5) is 16.1. The van der Waals surface area contributed by atoms with Crippen molar-refractivity contribution in [2.24, 2.45) is 0 Å². The molecule has 0 aliphatic carbocycles. The minimum Gasteiger partial charge on any atom is -0.492 e. The van der Waals surface area contributed by atoms with E-state index in [9.17, 15) is 4.79 Å². The van der Waals surface area contributed by atoms with Gasteiger partial charge in [-0.3, -0.25) is 10.1 Å². The van der Waals surface area contributed by atoms with Crippen LogP contribution in [0.2, 0.25) is 0 Å². The van der Waals surface area contributed by atoms with Crippen molar-refractivity contribution in [1.82, 2.24) is 15.2 Å². The maximum Gasteiger partial charge on any atom is 0.336 e. The van der Waals surface area contributed by atoms with Crippen LogP contribution in [0.1, 0.15) is 11.5 Å². The van der Waals surface area contributed by atoms with Gasteiger partial charge in [0, 0.05) is 5.56 Å². The fraction of sp³-hybridized carbons (Fsp3) is 0.250. The van der Waals surface area contributed by atoms with E-state index < -0.39 is 0 Å². The summed E-state index contributed by atoms with van der Waals surface area (Å²) in [5, 5.41) is 8.98.